The molecule has 0 saturated carbocycles. The Balaban J connectivity index is 2.17. The molecule has 1 aromatic carbocycles. The molecule has 0 atom stereocenters. The number of hydrogen-bond donors (Lipinski definition) is 2. The second-order valence-electron chi connectivity index (χ2n) is 5.37. The molecule has 4 nitrogen and oxygen atoms in total. The van der Waals surface area contributed by atoms with E-state index in [9.17, 15) is 4.79 Å². The maximum Gasteiger partial charge on any atom is 0.252 e. The normalized spacial score (nSPS) is 18.1. The van der Waals surface area contributed by atoms with Crippen molar-refractivity contribution < 1.29 is 9.53 Å². The van der Waals surface area contributed by atoms with E-state index < -0.39 is 0 Å². The van der Waals surface area contributed by atoms with Gasteiger partial charge in [-0.1, -0.05) is 17.7 Å². The topological polar surface area (TPSA) is 64.4 Å². The number of hydrogen-bond acceptors (Lipinski definition) is 3. The minimum Gasteiger partial charge on any atom is -0.381 e. The Hall–Kier alpha value is -1.39. The summed E-state index contributed by atoms with van der Waals surface area (Å²) in [5.74, 6) is -0.0337. The van der Waals surface area contributed by atoms with Gasteiger partial charge in [0.05, 0.1) is 5.54 Å². The largest absolute Gasteiger partial charge is 0.381 e. The quantitative estimate of drug-likeness (QED) is 0.868. The van der Waals surface area contributed by atoms with Crippen LogP contribution in [0.5, 0.6) is 0 Å². The van der Waals surface area contributed by atoms with E-state index in [0.717, 1.165) is 29.5 Å². The van der Waals surface area contributed by atoms with Gasteiger partial charge in [-0.15, -0.1) is 0 Å². The number of nitrogens with one attached hydrogen (secondary N) is 1. The Labute approximate surface area is 114 Å². The van der Waals surface area contributed by atoms with Gasteiger partial charge < -0.3 is 15.8 Å². The molecular weight excluding hydrogens is 240 g/mol. The summed E-state index contributed by atoms with van der Waals surface area (Å²) in [6, 6.07) is 5.91. The van der Waals surface area contributed by atoms with Crippen LogP contribution in [0, 0.1) is 13.8 Å². The average molecular weight is 262 g/mol. The molecule has 1 saturated heterocycles. The molecule has 104 valence electrons. The molecule has 0 spiro atoms. The first kappa shape index (κ1) is 14.0. The highest BCUT2D eigenvalue weighted by atomic mass is 16.5. The van der Waals surface area contributed by atoms with E-state index in [2.05, 4.69) is 5.32 Å². The van der Waals surface area contributed by atoms with E-state index in [1.807, 2.05) is 32.0 Å². The minimum absolute atomic E-state index is 0.0337. The van der Waals surface area contributed by atoms with Gasteiger partial charge in [-0.25, -0.2) is 0 Å². The number of carbonyl (C=O) groups is 1. The predicted molar refractivity (Wildman–Crippen MR) is 75.2 cm³/mol. The second-order valence-corrected chi connectivity index (χ2v) is 5.37. The van der Waals surface area contributed by atoms with E-state index in [1.165, 1.54) is 0 Å². The van der Waals surface area contributed by atoms with Crippen LogP contribution in [-0.2, 0) is 4.74 Å². The van der Waals surface area contributed by atoms with Crippen LogP contribution in [0.3, 0.4) is 0 Å². The zero-order chi connectivity index (χ0) is 13.9. The third-order valence-electron chi connectivity index (χ3n) is 3.86. The Kier molecular flexibility index (Phi) is 4.22. The number of aryl methyl sites for hydroxylation is 2. The van der Waals surface area contributed by atoms with Gasteiger partial charge in [0.25, 0.3) is 5.91 Å². The molecule has 0 aromatic heterocycles. The van der Waals surface area contributed by atoms with Crippen molar-refractivity contribution in [3.63, 3.8) is 0 Å². The molecule has 1 amide bonds. The highest BCUT2D eigenvalue weighted by Gasteiger charge is 2.33. The molecule has 1 heterocycles. The Morgan fingerprint density at radius 1 is 1.37 bits per heavy atom. The van der Waals surface area contributed by atoms with E-state index in [0.29, 0.717) is 19.8 Å². The van der Waals surface area contributed by atoms with E-state index >= 15 is 0 Å². The van der Waals surface area contributed by atoms with Crippen LogP contribution in [-0.4, -0.2) is 31.2 Å². The summed E-state index contributed by atoms with van der Waals surface area (Å²) < 4.78 is 5.35. The van der Waals surface area contributed by atoms with E-state index in [1.54, 1.807) is 0 Å². The first-order valence-electron chi connectivity index (χ1n) is 6.74. The van der Waals surface area contributed by atoms with Crippen LogP contribution in [0.1, 0.15) is 34.3 Å². The summed E-state index contributed by atoms with van der Waals surface area (Å²) >= 11 is 0. The molecule has 1 aliphatic heterocycles. The fourth-order valence-corrected chi connectivity index (χ4v) is 2.43. The van der Waals surface area contributed by atoms with Gasteiger partial charge in [-0.05, 0) is 38.3 Å². The van der Waals surface area contributed by atoms with Crippen LogP contribution in [0.15, 0.2) is 18.2 Å². The molecule has 2 rings (SSSR count). The first-order chi connectivity index (χ1) is 9.06. The van der Waals surface area contributed by atoms with Crippen LogP contribution in [0.4, 0.5) is 0 Å². The van der Waals surface area contributed by atoms with Crippen LogP contribution in [0.25, 0.3) is 0 Å². The van der Waals surface area contributed by atoms with Gasteiger partial charge in [0.15, 0.2) is 0 Å². The average Bonchev–Trinajstić information content (AvgIpc) is 2.42. The van der Waals surface area contributed by atoms with Crippen molar-refractivity contribution in [1.29, 1.82) is 0 Å². The van der Waals surface area contributed by atoms with Gasteiger partial charge >= 0.3 is 0 Å². The molecule has 19 heavy (non-hydrogen) atoms. The fraction of sp³-hybridized carbons (Fsp3) is 0.533. The molecular formula is C15H22N2O2. The van der Waals surface area contributed by atoms with Crippen molar-refractivity contribution in [2.75, 3.05) is 19.8 Å². The SMILES string of the molecule is Cc1ccc(C)c(C(=O)NC2(CN)CCOCC2)c1. The zero-order valence-corrected chi connectivity index (χ0v) is 11.7. The summed E-state index contributed by atoms with van der Waals surface area (Å²) in [7, 11) is 0. The molecule has 0 unspecified atom stereocenters. The Morgan fingerprint density at radius 2 is 2.05 bits per heavy atom. The molecule has 4 heteroatoms. The molecule has 1 aromatic rings. The minimum atomic E-state index is -0.314. The third-order valence-corrected chi connectivity index (χ3v) is 3.86. The molecule has 3 N–H and O–H groups in total. The highest BCUT2D eigenvalue weighted by Crippen LogP contribution is 2.21. The van der Waals surface area contributed by atoms with E-state index in [-0.39, 0.29) is 11.4 Å². The molecule has 0 radical (unpaired) electrons. The molecule has 1 fully saturated rings. The maximum absolute atomic E-state index is 12.4. The lowest BCUT2D eigenvalue weighted by Gasteiger charge is -2.37. The number of ether oxygens (including phenoxy) is 1. The Bertz CT molecular complexity index is 465. The standard InChI is InChI=1S/C15H22N2O2/c1-11-3-4-12(2)13(9-11)14(18)17-15(10-16)5-7-19-8-6-15/h3-4,9H,5-8,10,16H2,1-2H3,(H,17,18). The van der Waals surface area contributed by atoms with Crippen molar-refractivity contribution in [2.24, 2.45) is 5.73 Å². The van der Waals surface area contributed by atoms with Crippen molar-refractivity contribution in [2.45, 2.75) is 32.2 Å². The predicted octanol–water partition coefficient (Wildman–Crippen LogP) is 1.54. The molecule has 0 bridgehead atoms. The van der Waals surface area contributed by atoms with Crippen molar-refractivity contribution in [3.8, 4) is 0 Å². The van der Waals surface area contributed by atoms with Crippen molar-refractivity contribution >= 4 is 5.91 Å². The van der Waals surface area contributed by atoms with Crippen LogP contribution >= 0.6 is 0 Å². The van der Waals surface area contributed by atoms with Gasteiger partial charge in [-0.2, -0.15) is 0 Å². The highest BCUT2D eigenvalue weighted by molar-refractivity contribution is 5.96. The number of nitrogens with two attached hydrogens (primary N) is 1. The second kappa shape index (κ2) is 5.72. The lowest BCUT2D eigenvalue weighted by Crippen LogP contribution is -2.56. The van der Waals surface area contributed by atoms with Gasteiger partial charge in [0, 0.05) is 25.3 Å². The van der Waals surface area contributed by atoms with Crippen LogP contribution < -0.4 is 11.1 Å². The van der Waals surface area contributed by atoms with Crippen molar-refractivity contribution in [1.82, 2.24) is 5.32 Å². The first-order valence-corrected chi connectivity index (χ1v) is 6.74. The molecule has 0 aliphatic carbocycles. The lowest BCUT2D eigenvalue weighted by molar-refractivity contribution is 0.0388. The third kappa shape index (κ3) is 3.14. The summed E-state index contributed by atoms with van der Waals surface area (Å²) in [5, 5.41) is 3.12. The van der Waals surface area contributed by atoms with Gasteiger partial charge in [0.2, 0.25) is 0 Å². The molecule has 1 aliphatic rings. The Morgan fingerprint density at radius 3 is 2.68 bits per heavy atom. The number of benzene rings is 1. The summed E-state index contributed by atoms with van der Waals surface area (Å²) in [5.41, 5.74) is 8.36. The van der Waals surface area contributed by atoms with Gasteiger partial charge in [-0.3, -0.25) is 4.79 Å². The van der Waals surface area contributed by atoms with E-state index in [4.69, 9.17) is 10.5 Å². The number of rotatable bonds is 3. The monoisotopic (exact) mass is 262 g/mol. The number of amides is 1. The fourth-order valence-electron chi connectivity index (χ4n) is 2.43. The van der Waals surface area contributed by atoms with Gasteiger partial charge in [0.1, 0.15) is 0 Å². The summed E-state index contributed by atoms with van der Waals surface area (Å²) in [6.45, 7) is 5.71. The number of carbonyl (C=O) groups excluding carboxylic acids is 1. The van der Waals surface area contributed by atoms with Crippen molar-refractivity contribution in [3.05, 3.63) is 34.9 Å². The lowest BCUT2D eigenvalue weighted by atomic mass is 9.89. The maximum atomic E-state index is 12.4. The smallest absolute Gasteiger partial charge is 0.252 e. The van der Waals surface area contributed by atoms with Crippen LogP contribution in [0.2, 0.25) is 0 Å². The zero-order valence-electron chi connectivity index (χ0n) is 11.7. The summed E-state index contributed by atoms with van der Waals surface area (Å²) in [6.07, 6.45) is 1.56. The summed E-state index contributed by atoms with van der Waals surface area (Å²) in [4.78, 5) is 12.4.